The molecule has 4 aliphatic heterocycles. The highest BCUT2D eigenvalue weighted by molar-refractivity contribution is 7.92. The number of aryl methyl sites for hydroxylation is 1. The summed E-state index contributed by atoms with van der Waals surface area (Å²) in [4.78, 5) is 70.1. The summed E-state index contributed by atoms with van der Waals surface area (Å²) in [6.07, 6.45) is 5.42. The molecule has 362 valence electrons. The molecule has 4 aromatic rings. The summed E-state index contributed by atoms with van der Waals surface area (Å²) in [7, 11) is 1.10. The quantitative estimate of drug-likeness (QED) is 0.119. The van der Waals surface area contributed by atoms with E-state index in [9.17, 15) is 32.0 Å². The van der Waals surface area contributed by atoms with Gasteiger partial charge in [-0.3, -0.25) is 34.1 Å². The van der Waals surface area contributed by atoms with E-state index in [2.05, 4.69) is 47.4 Å². The highest BCUT2D eigenvalue weighted by Gasteiger charge is 2.41. The van der Waals surface area contributed by atoms with Crippen molar-refractivity contribution in [3.8, 4) is 11.5 Å². The Hall–Kier alpha value is -6.45. The number of halogens is 2. The molecule has 68 heavy (non-hydrogen) atoms. The molecule has 4 amide bonds. The van der Waals surface area contributed by atoms with E-state index in [1.807, 2.05) is 17.0 Å². The molecule has 0 aliphatic carbocycles. The molecule has 8 rings (SSSR count). The lowest BCUT2D eigenvalue weighted by molar-refractivity contribution is -0.137. The second-order valence-corrected chi connectivity index (χ2v) is 19.4. The number of piperazine rings is 1. The number of likely N-dealkylation sites (N-methyl/N-ethyl adjacent to an activating group) is 1. The average molecular weight is 977 g/mol. The van der Waals surface area contributed by atoms with Crippen LogP contribution >= 0.6 is 11.6 Å². The number of imide groups is 1. The number of hydrogen-bond acceptors (Lipinski definition) is 15. The normalized spacial score (nSPS) is 18.0. The molecule has 0 spiro atoms. The molecule has 19 nitrogen and oxygen atoms in total. The van der Waals surface area contributed by atoms with E-state index in [-0.39, 0.29) is 65.8 Å². The van der Waals surface area contributed by atoms with Crippen molar-refractivity contribution in [1.29, 1.82) is 0 Å². The van der Waals surface area contributed by atoms with Crippen molar-refractivity contribution in [2.24, 2.45) is 0 Å². The molecule has 22 heteroatoms. The second-order valence-electron chi connectivity index (χ2n) is 17.3. The number of ether oxygens (including phenoxy) is 2. The minimum absolute atomic E-state index is 0.0126. The van der Waals surface area contributed by atoms with Gasteiger partial charge in [0.1, 0.15) is 34.1 Å². The maximum atomic E-state index is 14.9. The fraction of sp³-hybridized carbons (Fsp3) is 0.435. The minimum atomic E-state index is -3.65. The second kappa shape index (κ2) is 20.0. The number of piperidine rings is 2. The smallest absolute Gasteiger partial charge is 0.255 e. The predicted molar refractivity (Wildman–Crippen MR) is 257 cm³/mol. The van der Waals surface area contributed by atoms with Crippen LogP contribution in [0.2, 0.25) is 5.02 Å². The van der Waals surface area contributed by atoms with Crippen LogP contribution < -0.4 is 39.9 Å². The average Bonchev–Trinajstić information content (AvgIpc) is 3.64. The summed E-state index contributed by atoms with van der Waals surface area (Å²) in [6.45, 7) is 6.37. The molecule has 0 radical (unpaired) electrons. The molecule has 0 saturated carbocycles. The van der Waals surface area contributed by atoms with Gasteiger partial charge in [-0.2, -0.15) is 4.98 Å². The van der Waals surface area contributed by atoms with Crippen LogP contribution in [-0.4, -0.2) is 142 Å². The molecule has 3 aromatic carbocycles. The first kappa shape index (κ1) is 48.0. The lowest BCUT2D eigenvalue weighted by Crippen LogP contribution is -2.55. The zero-order valence-corrected chi connectivity index (χ0v) is 40.1. The van der Waals surface area contributed by atoms with E-state index in [1.54, 1.807) is 37.3 Å². The number of methoxy groups -OCH3 is 2. The molecule has 1 aromatic heterocycles. The van der Waals surface area contributed by atoms with Crippen molar-refractivity contribution in [3.63, 3.8) is 0 Å². The molecule has 5 heterocycles. The zero-order chi connectivity index (χ0) is 48.4. The highest BCUT2D eigenvalue weighted by Crippen LogP contribution is 2.40. The lowest BCUT2D eigenvalue weighted by atomic mass is 9.99. The van der Waals surface area contributed by atoms with E-state index in [4.69, 9.17) is 21.1 Å². The number of para-hydroxylation sites is 1. The van der Waals surface area contributed by atoms with Gasteiger partial charge < -0.3 is 39.7 Å². The van der Waals surface area contributed by atoms with Crippen LogP contribution in [0.4, 0.5) is 44.6 Å². The van der Waals surface area contributed by atoms with Gasteiger partial charge in [-0.25, -0.2) is 17.8 Å². The Balaban J connectivity index is 0.863. The molecule has 3 fully saturated rings. The summed E-state index contributed by atoms with van der Waals surface area (Å²) in [5, 5.41) is 8.88. The topological polar surface area (TPSA) is 211 Å². The number of amides is 4. The van der Waals surface area contributed by atoms with Gasteiger partial charge in [-0.15, -0.1) is 0 Å². The van der Waals surface area contributed by atoms with Crippen molar-refractivity contribution >= 4 is 85.5 Å². The SMILES string of the molecule is CCc1cc(Nc2ncc(Cl)c(Nc3cccc(OC)c3NS(C)(=O)=O)n2)c(OC)cc1N1CCC(N2CCN(C(=O)CN(C)c3cc(F)cc4c3CN(C3CCC(=O)NC3=O)C4=O)CC2)CC1. The summed E-state index contributed by atoms with van der Waals surface area (Å²) in [6, 6.07) is 11.1. The molecule has 1 unspecified atom stereocenters. The van der Waals surface area contributed by atoms with Crippen molar-refractivity contribution in [2.45, 2.75) is 57.7 Å². The van der Waals surface area contributed by atoms with Gasteiger partial charge in [0.15, 0.2) is 5.82 Å². The van der Waals surface area contributed by atoms with E-state index in [0.717, 1.165) is 62.9 Å². The number of hydrogen-bond donors (Lipinski definition) is 4. The predicted octanol–water partition coefficient (Wildman–Crippen LogP) is 4.72. The maximum Gasteiger partial charge on any atom is 0.255 e. The third kappa shape index (κ3) is 10.3. The molecule has 4 N–H and O–H groups in total. The first-order valence-electron chi connectivity index (χ1n) is 22.4. The maximum absolute atomic E-state index is 14.9. The summed E-state index contributed by atoms with van der Waals surface area (Å²) in [5.41, 5.74) is 4.53. The number of sulfonamides is 1. The van der Waals surface area contributed by atoms with Gasteiger partial charge >= 0.3 is 0 Å². The van der Waals surface area contributed by atoms with Crippen molar-refractivity contribution in [2.75, 3.05) is 98.5 Å². The zero-order valence-electron chi connectivity index (χ0n) is 38.5. The number of carbonyl (C=O) groups excluding carboxylic acids is 4. The number of nitrogens with one attached hydrogen (secondary N) is 4. The van der Waals surface area contributed by atoms with Gasteiger partial charge in [0, 0.05) is 93.9 Å². The number of carbonyl (C=O) groups is 4. The molecular weight excluding hydrogens is 921 g/mol. The largest absolute Gasteiger partial charge is 0.494 e. The molecule has 1 atom stereocenters. The van der Waals surface area contributed by atoms with Crippen LogP contribution in [0, 0.1) is 5.82 Å². The van der Waals surface area contributed by atoms with Crippen LogP contribution in [0.5, 0.6) is 11.5 Å². The van der Waals surface area contributed by atoms with Gasteiger partial charge in [0.05, 0.1) is 44.6 Å². The van der Waals surface area contributed by atoms with Crippen LogP contribution in [0.1, 0.15) is 54.1 Å². The van der Waals surface area contributed by atoms with Crippen molar-refractivity contribution in [1.82, 2.24) is 30.0 Å². The number of aromatic nitrogens is 2. The molecule has 4 aliphatic rings. The van der Waals surface area contributed by atoms with E-state index in [1.165, 1.54) is 30.3 Å². The monoisotopic (exact) mass is 975 g/mol. The number of nitrogens with zero attached hydrogens (tertiary/aromatic N) is 7. The summed E-state index contributed by atoms with van der Waals surface area (Å²) >= 11 is 6.52. The Kier molecular flexibility index (Phi) is 14.1. The van der Waals surface area contributed by atoms with Gasteiger partial charge in [0.25, 0.3) is 5.91 Å². The number of anilines is 7. The Bertz CT molecular complexity index is 2730. The van der Waals surface area contributed by atoms with Crippen LogP contribution in [0.3, 0.4) is 0 Å². The van der Waals surface area contributed by atoms with Crippen LogP contribution in [0.15, 0.2) is 48.7 Å². The summed E-state index contributed by atoms with van der Waals surface area (Å²) in [5.74, 6) is -0.761. The molecule has 0 bridgehead atoms. The standard InChI is InChI=1S/C46H55ClFN11O8S/c1-6-27-20-34(51-46-49-24-32(47)43(53-46)50-33-8-7-9-38(66-3)42(33)54-68(5,64)65)39(67-4)23-36(27)57-14-12-29(13-15-57)56-16-18-58(19-17-56)41(61)26-55(2)37-22-28(48)21-30-31(37)25-59(45(30)63)35-10-11-40(60)52-44(35)62/h7-9,20-24,29,35,54H,6,10-19,25-26H2,1-5H3,(H,52,60,62)(H2,49,50,51,53). The van der Waals surface area contributed by atoms with Crippen LogP contribution in [0.25, 0.3) is 0 Å². The Morgan fingerprint density at radius 2 is 1.71 bits per heavy atom. The Labute approximate surface area is 399 Å². The third-order valence-corrected chi connectivity index (χ3v) is 13.8. The first-order chi connectivity index (χ1) is 32.5. The van der Waals surface area contributed by atoms with E-state index in [0.29, 0.717) is 53.3 Å². The lowest BCUT2D eigenvalue weighted by Gasteiger charge is -2.43. The summed E-state index contributed by atoms with van der Waals surface area (Å²) < 4.78 is 53.0. The fourth-order valence-electron chi connectivity index (χ4n) is 9.46. The number of rotatable bonds is 15. The fourth-order valence-corrected chi connectivity index (χ4v) is 10.2. The number of fused-ring (bicyclic) bond motifs is 1. The van der Waals surface area contributed by atoms with Gasteiger partial charge in [-0.1, -0.05) is 24.6 Å². The van der Waals surface area contributed by atoms with Crippen molar-refractivity contribution in [3.05, 3.63) is 76.2 Å². The number of benzene rings is 3. The molecule has 3 saturated heterocycles. The van der Waals surface area contributed by atoms with Gasteiger partial charge in [-0.05, 0) is 61.6 Å². The molecular formula is C46H55ClFN11O8S. The van der Waals surface area contributed by atoms with E-state index < -0.39 is 33.7 Å². The highest BCUT2D eigenvalue weighted by atomic mass is 35.5. The van der Waals surface area contributed by atoms with Crippen LogP contribution in [-0.2, 0) is 37.4 Å². The van der Waals surface area contributed by atoms with Crippen molar-refractivity contribution < 1.29 is 41.5 Å². The minimum Gasteiger partial charge on any atom is -0.494 e. The van der Waals surface area contributed by atoms with Gasteiger partial charge in [0.2, 0.25) is 33.7 Å². The third-order valence-electron chi connectivity index (χ3n) is 12.9. The Morgan fingerprint density at radius 1 is 0.971 bits per heavy atom. The first-order valence-corrected chi connectivity index (χ1v) is 24.7. The van der Waals surface area contributed by atoms with E-state index >= 15 is 0 Å². The Morgan fingerprint density at radius 3 is 2.38 bits per heavy atom.